The molecule has 0 radical (unpaired) electrons. The van der Waals surface area contributed by atoms with Crippen LogP contribution in [0, 0.1) is 0 Å². The fourth-order valence-electron chi connectivity index (χ4n) is 1.41. The Hall–Kier alpha value is 0.110. The van der Waals surface area contributed by atoms with Gasteiger partial charge in [0.25, 0.3) is 0 Å². The third-order valence-corrected chi connectivity index (χ3v) is 3.36. The van der Waals surface area contributed by atoms with Gasteiger partial charge in [0.05, 0.1) is 6.61 Å². The summed E-state index contributed by atoms with van der Waals surface area (Å²) in [6.07, 6.45) is -4.47. The fraction of sp³-hybridized carbons (Fsp3) is 1.00. The Balaban J connectivity index is 2.78. The molecule has 1 rings (SSSR count). The van der Waals surface area contributed by atoms with Crippen molar-refractivity contribution in [1.29, 1.82) is 0 Å². The molecule has 4 unspecified atom stereocenters. The first-order chi connectivity index (χ1) is 6.95. The van der Waals surface area contributed by atoms with Crippen LogP contribution >= 0.6 is 11.8 Å². The van der Waals surface area contributed by atoms with E-state index < -0.39 is 36.1 Å². The minimum atomic E-state index is -2.63. The van der Waals surface area contributed by atoms with Crippen molar-refractivity contribution in [2.75, 3.05) is 12.4 Å². The van der Waals surface area contributed by atoms with Crippen LogP contribution in [0.5, 0.6) is 0 Å². The van der Waals surface area contributed by atoms with Gasteiger partial charge in [-0.1, -0.05) is 6.92 Å². The van der Waals surface area contributed by atoms with E-state index in [9.17, 15) is 20.4 Å². The summed E-state index contributed by atoms with van der Waals surface area (Å²) in [5.41, 5.74) is -0.769. The van der Waals surface area contributed by atoms with Gasteiger partial charge in [0.1, 0.15) is 23.7 Å². The lowest BCUT2D eigenvalue weighted by Crippen LogP contribution is -2.66. The van der Waals surface area contributed by atoms with Crippen molar-refractivity contribution in [3.05, 3.63) is 0 Å². The van der Waals surface area contributed by atoms with Crippen molar-refractivity contribution < 1.29 is 30.3 Å². The van der Waals surface area contributed by atoms with Crippen LogP contribution in [0.25, 0.3) is 0 Å². The van der Waals surface area contributed by atoms with Gasteiger partial charge in [0.15, 0.2) is 0 Å². The molecule has 5 N–H and O–H groups in total. The van der Waals surface area contributed by atoms with Crippen LogP contribution in [0.1, 0.15) is 6.92 Å². The highest BCUT2D eigenvalue weighted by atomic mass is 32.2. The van der Waals surface area contributed by atoms with Crippen LogP contribution in [0.3, 0.4) is 0 Å². The van der Waals surface area contributed by atoms with Gasteiger partial charge in [0, 0.05) is 0 Å². The van der Waals surface area contributed by atoms with E-state index in [1.165, 1.54) is 11.8 Å². The van der Waals surface area contributed by atoms with Crippen molar-refractivity contribution in [3.8, 4) is 0 Å². The zero-order valence-electron chi connectivity index (χ0n) is 8.28. The molecule has 1 heterocycles. The Kier molecular flexibility index (Phi) is 4.36. The van der Waals surface area contributed by atoms with Gasteiger partial charge in [-0.05, 0) is 5.75 Å². The minimum absolute atomic E-state index is 0.635. The first-order valence-electron chi connectivity index (χ1n) is 4.63. The molecule has 0 saturated carbocycles. The largest absolute Gasteiger partial charge is 0.393 e. The Morgan fingerprint density at radius 2 is 1.93 bits per heavy atom. The van der Waals surface area contributed by atoms with Gasteiger partial charge >= 0.3 is 0 Å². The number of ether oxygens (including phenoxy) is 1. The highest BCUT2D eigenvalue weighted by molar-refractivity contribution is 7.99. The molecule has 1 aliphatic rings. The summed E-state index contributed by atoms with van der Waals surface area (Å²) < 4.78 is 5.08. The number of rotatable bonds is 3. The molecule has 15 heavy (non-hydrogen) atoms. The summed E-state index contributed by atoms with van der Waals surface area (Å²) in [5, 5.41) is 46.7. The minimum Gasteiger partial charge on any atom is -0.393 e. The highest BCUT2D eigenvalue weighted by Crippen LogP contribution is 2.32. The molecule has 1 saturated heterocycles. The standard InChI is InChI=1S/C8H16O6S/c1-2-15-7-5(10)6(11)8(12,13)4(3-9)14-7/h4-7,9-13H,2-3H2,1H3. The lowest BCUT2D eigenvalue weighted by atomic mass is 9.96. The molecule has 4 atom stereocenters. The van der Waals surface area contributed by atoms with Crippen LogP contribution in [0.2, 0.25) is 0 Å². The monoisotopic (exact) mass is 240 g/mol. The van der Waals surface area contributed by atoms with Crippen molar-refractivity contribution >= 4 is 11.8 Å². The number of hydrogen-bond acceptors (Lipinski definition) is 7. The molecule has 0 aromatic rings. The summed E-state index contributed by atoms with van der Waals surface area (Å²) in [5.74, 6) is -1.99. The Labute approximate surface area is 91.5 Å². The van der Waals surface area contributed by atoms with Crippen LogP contribution in [-0.2, 0) is 4.74 Å². The third-order valence-electron chi connectivity index (χ3n) is 2.31. The zero-order valence-corrected chi connectivity index (χ0v) is 9.09. The molecule has 0 aromatic heterocycles. The quantitative estimate of drug-likeness (QED) is 0.358. The zero-order chi connectivity index (χ0) is 11.6. The second-order valence-corrected chi connectivity index (χ2v) is 4.72. The predicted molar refractivity (Wildman–Crippen MR) is 53.1 cm³/mol. The average molecular weight is 240 g/mol. The van der Waals surface area contributed by atoms with E-state index in [0.29, 0.717) is 5.75 Å². The van der Waals surface area contributed by atoms with E-state index in [4.69, 9.17) is 9.84 Å². The van der Waals surface area contributed by atoms with E-state index in [2.05, 4.69) is 0 Å². The van der Waals surface area contributed by atoms with Crippen LogP contribution in [0.15, 0.2) is 0 Å². The Morgan fingerprint density at radius 1 is 1.33 bits per heavy atom. The number of thioether (sulfide) groups is 1. The predicted octanol–water partition coefficient (Wildman–Crippen LogP) is -2.14. The molecule has 0 amide bonds. The second-order valence-electron chi connectivity index (χ2n) is 3.35. The Morgan fingerprint density at radius 3 is 2.40 bits per heavy atom. The molecule has 0 aliphatic carbocycles. The smallest absolute Gasteiger partial charge is 0.221 e. The molecule has 1 aliphatic heterocycles. The van der Waals surface area contributed by atoms with E-state index in [-0.39, 0.29) is 0 Å². The van der Waals surface area contributed by atoms with Gasteiger partial charge in [-0.25, -0.2) is 0 Å². The van der Waals surface area contributed by atoms with E-state index in [1.807, 2.05) is 6.92 Å². The molecule has 0 aromatic carbocycles. The lowest BCUT2D eigenvalue weighted by Gasteiger charge is -2.44. The number of aliphatic hydroxyl groups is 5. The maximum atomic E-state index is 9.52. The molecule has 90 valence electrons. The fourth-order valence-corrected chi connectivity index (χ4v) is 2.30. The Bertz CT molecular complexity index is 207. The van der Waals surface area contributed by atoms with Gasteiger partial charge < -0.3 is 30.3 Å². The molecular formula is C8H16O6S. The number of hydrogen-bond donors (Lipinski definition) is 5. The van der Waals surface area contributed by atoms with Gasteiger partial charge in [-0.2, -0.15) is 0 Å². The molecule has 0 spiro atoms. The maximum Gasteiger partial charge on any atom is 0.221 e. The van der Waals surface area contributed by atoms with E-state index >= 15 is 0 Å². The third kappa shape index (κ3) is 2.44. The van der Waals surface area contributed by atoms with Crippen molar-refractivity contribution in [1.82, 2.24) is 0 Å². The second kappa shape index (κ2) is 4.96. The highest BCUT2D eigenvalue weighted by Gasteiger charge is 2.53. The molecule has 7 heteroatoms. The number of aliphatic hydroxyl groups excluding tert-OH is 3. The normalized spacial score (nSPS) is 40.4. The summed E-state index contributed by atoms with van der Waals surface area (Å²) in [6, 6.07) is 0. The van der Waals surface area contributed by atoms with E-state index in [1.54, 1.807) is 0 Å². The van der Waals surface area contributed by atoms with Crippen LogP contribution in [0.4, 0.5) is 0 Å². The van der Waals surface area contributed by atoms with Crippen LogP contribution < -0.4 is 0 Å². The summed E-state index contributed by atoms with van der Waals surface area (Å²) in [7, 11) is 0. The van der Waals surface area contributed by atoms with Gasteiger partial charge in [-0.15, -0.1) is 11.8 Å². The first kappa shape index (κ1) is 13.2. The summed E-state index contributed by atoms with van der Waals surface area (Å²) >= 11 is 1.22. The molecule has 1 fully saturated rings. The van der Waals surface area contributed by atoms with Gasteiger partial charge in [-0.3, -0.25) is 0 Å². The van der Waals surface area contributed by atoms with Crippen molar-refractivity contribution in [3.63, 3.8) is 0 Å². The van der Waals surface area contributed by atoms with Crippen molar-refractivity contribution in [2.45, 2.75) is 36.5 Å². The van der Waals surface area contributed by atoms with Gasteiger partial charge in [0.2, 0.25) is 5.79 Å². The molecule has 0 bridgehead atoms. The molecule has 6 nitrogen and oxygen atoms in total. The first-order valence-corrected chi connectivity index (χ1v) is 5.68. The van der Waals surface area contributed by atoms with E-state index in [0.717, 1.165) is 0 Å². The average Bonchev–Trinajstić information content (AvgIpc) is 2.19. The SMILES string of the molecule is CCSC1OC(CO)C(O)(O)C(O)C1O. The lowest BCUT2D eigenvalue weighted by molar-refractivity contribution is -0.341. The summed E-state index contributed by atoms with van der Waals surface area (Å²) in [4.78, 5) is 0. The topological polar surface area (TPSA) is 110 Å². The van der Waals surface area contributed by atoms with Crippen molar-refractivity contribution in [2.24, 2.45) is 0 Å². The summed E-state index contributed by atoms with van der Waals surface area (Å²) in [6.45, 7) is 1.19. The van der Waals surface area contributed by atoms with Crippen LogP contribution in [-0.4, -0.2) is 67.4 Å². The maximum absolute atomic E-state index is 9.52. The molecular weight excluding hydrogens is 224 g/mol.